The Morgan fingerprint density at radius 3 is 3.07 bits per heavy atom. The van der Waals surface area contributed by atoms with Crippen LogP contribution in [0.3, 0.4) is 0 Å². The highest BCUT2D eigenvalue weighted by atomic mass is 35.5. The normalized spacial score (nSPS) is 9.29. The number of hydrogen-bond acceptors (Lipinski definition) is 4. The second-order valence-electron chi connectivity index (χ2n) is 2.59. The zero-order valence-electron chi connectivity index (χ0n) is 7.84. The van der Waals surface area contributed by atoms with Crippen LogP contribution < -0.4 is 11.1 Å². The Labute approximate surface area is 87.9 Å². The van der Waals surface area contributed by atoms with Gasteiger partial charge < -0.3 is 11.1 Å². The van der Waals surface area contributed by atoms with Gasteiger partial charge in [-0.2, -0.15) is 4.98 Å². The minimum Gasteiger partial charge on any atom is -0.383 e. The standard InChI is InChI=1S/C9H11ClN4/c1-12-5-3-2-4-7-6-13-9(10)14-8(7)11/h6,12H,3,5H2,1H3,(H2,11,13,14). The van der Waals surface area contributed by atoms with Crippen molar-refractivity contribution in [2.75, 3.05) is 19.3 Å². The van der Waals surface area contributed by atoms with E-state index in [1.807, 2.05) is 7.05 Å². The molecule has 0 radical (unpaired) electrons. The predicted octanol–water partition coefficient (Wildman–Crippen LogP) is 0.673. The maximum Gasteiger partial charge on any atom is 0.224 e. The lowest BCUT2D eigenvalue weighted by Crippen LogP contribution is -2.06. The van der Waals surface area contributed by atoms with E-state index in [-0.39, 0.29) is 5.28 Å². The lowest BCUT2D eigenvalue weighted by molar-refractivity contribution is 0.818. The van der Waals surface area contributed by atoms with Gasteiger partial charge in [0.1, 0.15) is 5.82 Å². The van der Waals surface area contributed by atoms with E-state index in [0.29, 0.717) is 11.4 Å². The summed E-state index contributed by atoms with van der Waals surface area (Å²) in [6, 6.07) is 0. The Balaban J connectivity index is 2.70. The van der Waals surface area contributed by atoms with E-state index in [2.05, 4.69) is 27.1 Å². The average molecular weight is 211 g/mol. The fourth-order valence-corrected chi connectivity index (χ4v) is 0.954. The lowest BCUT2D eigenvalue weighted by Gasteiger charge is -1.95. The van der Waals surface area contributed by atoms with Crippen molar-refractivity contribution in [1.82, 2.24) is 15.3 Å². The molecule has 14 heavy (non-hydrogen) atoms. The van der Waals surface area contributed by atoms with Crippen LogP contribution in [0.4, 0.5) is 5.82 Å². The van der Waals surface area contributed by atoms with Gasteiger partial charge in [0.2, 0.25) is 5.28 Å². The van der Waals surface area contributed by atoms with Crippen LogP contribution in [0.2, 0.25) is 5.28 Å². The maximum atomic E-state index is 5.58. The summed E-state index contributed by atoms with van der Waals surface area (Å²) in [4.78, 5) is 7.58. The summed E-state index contributed by atoms with van der Waals surface area (Å²) in [5.74, 6) is 6.14. The first kappa shape index (κ1) is 10.8. The van der Waals surface area contributed by atoms with Crippen molar-refractivity contribution in [1.29, 1.82) is 0 Å². The van der Waals surface area contributed by atoms with E-state index in [4.69, 9.17) is 17.3 Å². The third-order valence-electron chi connectivity index (χ3n) is 1.51. The fraction of sp³-hybridized carbons (Fsp3) is 0.333. The van der Waals surface area contributed by atoms with Crippen LogP contribution in [0.1, 0.15) is 12.0 Å². The molecule has 1 heterocycles. The first-order valence-corrected chi connectivity index (χ1v) is 4.53. The van der Waals surface area contributed by atoms with Crippen LogP contribution in [0.25, 0.3) is 0 Å². The molecule has 0 aromatic carbocycles. The van der Waals surface area contributed by atoms with Crippen molar-refractivity contribution in [2.45, 2.75) is 6.42 Å². The molecule has 0 fully saturated rings. The molecule has 0 spiro atoms. The third-order valence-corrected chi connectivity index (χ3v) is 1.69. The van der Waals surface area contributed by atoms with Gasteiger partial charge in [0.25, 0.3) is 0 Å². The molecule has 1 aromatic heterocycles. The number of aromatic nitrogens is 2. The second kappa shape index (κ2) is 5.43. The molecule has 0 saturated carbocycles. The highest BCUT2D eigenvalue weighted by Crippen LogP contribution is 2.08. The van der Waals surface area contributed by atoms with Crippen LogP contribution in [0.15, 0.2) is 6.20 Å². The van der Waals surface area contributed by atoms with Gasteiger partial charge in [-0.3, -0.25) is 0 Å². The minimum atomic E-state index is 0.142. The number of anilines is 1. The highest BCUT2D eigenvalue weighted by molar-refractivity contribution is 6.28. The first-order valence-electron chi connectivity index (χ1n) is 4.15. The molecule has 0 unspecified atom stereocenters. The quantitative estimate of drug-likeness (QED) is 0.428. The third kappa shape index (κ3) is 3.21. The Kier molecular flexibility index (Phi) is 4.17. The summed E-state index contributed by atoms with van der Waals surface area (Å²) in [6.45, 7) is 0.849. The molecular weight excluding hydrogens is 200 g/mol. The molecule has 1 rings (SSSR count). The molecule has 4 nitrogen and oxygen atoms in total. The molecule has 0 bridgehead atoms. The number of rotatable bonds is 2. The molecule has 0 aliphatic heterocycles. The van der Waals surface area contributed by atoms with Gasteiger partial charge >= 0.3 is 0 Å². The Bertz CT molecular complexity index is 367. The first-order chi connectivity index (χ1) is 6.74. The molecule has 5 heteroatoms. The minimum absolute atomic E-state index is 0.142. The number of nitrogens with one attached hydrogen (secondary N) is 1. The van der Waals surface area contributed by atoms with Crippen molar-refractivity contribution in [3.05, 3.63) is 17.0 Å². The van der Waals surface area contributed by atoms with Crippen molar-refractivity contribution in [3.8, 4) is 11.8 Å². The largest absolute Gasteiger partial charge is 0.383 e. The van der Waals surface area contributed by atoms with E-state index >= 15 is 0 Å². The predicted molar refractivity (Wildman–Crippen MR) is 56.9 cm³/mol. The monoisotopic (exact) mass is 210 g/mol. The van der Waals surface area contributed by atoms with Gasteiger partial charge in [0.15, 0.2) is 0 Å². The smallest absolute Gasteiger partial charge is 0.224 e. The summed E-state index contributed by atoms with van der Waals surface area (Å²) in [6.07, 6.45) is 2.29. The Morgan fingerprint density at radius 1 is 1.64 bits per heavy atom. The zero-order chi connectivity index (χ0) is 10.4. The summed E-state index contributed by atoms with van der Waals surface area (Å²) in [5.41, 5.74) is 6.20. The van der Waals surface area contributed by atoms with Gasteiger partial charge in [-0.1, -0.05) is 11.8 Å². The molecule has 0 saturated heterocycles. The molecule has 1 aromatic rings. The van der Waals surface area contributed by atoms with E-state index in [9.17, 15) is 0 Å². The van der Waals surface area contributed by atoms with Crippen molar-refractivity contribution in [2.24, 2.45) is 0 Å². The van der Waals surface area contributed by atoms with Gasteiger partial charge in [0, 0.05) is 19.2 Å². The lowest BCUT2D eigenvalue weighted by atomic mass is 10.3. The Morgan fingerprint density at radius 2 is 2.43 bits per heavy atom. The second-order valence-corrected chi connectivity index (χ2v) is 2.93. The van der Waals surface area contributed by atoms with E-state index in [1.165, 1.54) is 6.20 Å². The molecule has 0 atom stereocenters. The number of nitrogens with zero attached hydrogens (tertiary/aromatic N) is 2. The van der Waals surface area contributed by atoms with E-state index < -0.39 is 0 Å². The summed E-state index contributed by atoms with van der Waals surface area (Å²) in [7, 11) is 1.88. The van der Waals surface area contributed by atoms with Crippen LogP contribution in [-0.4, -0.2) is 23.6 Å². The zero-order valence-corrected chi connectivity index (χ0v) is 8.60. The van der Waals surface area contributed by atoms with Crippen molar-refractivity contribution < 1.29 is 0 Å². The number of nitrogens with two attached hydrogens (primary N) is 1. The topological polar surface area (TPSA) is 63.8 Å². The van der Waals surface area contributed by atoms with Crippen LogP contribution in [-0.2, 0) is 0 Å². The summed E-state index contributed by atoms with van der Waals surface area (Å²) < 4.78 is 0. The van der Waals surface area contributed by atoms with Crippen molar-refractivity contribution >= 4 is 17.4 Å². The van der Waals surface area contributed by atoms with Crippen LogP contribution >= 0.6 is 11.6 Å². The SMILES string of the molecule is CNCCC#Cc1cnc(Cl)nc1N. The Hall–Kier alpha value is -1.31. The number of nitrogen functional groups attached to an aromatic ring is 1. The summed E-state index contributed by atoms with van der Waals surface area (Å²) >= 11 is 5.54. The number of hydrogen-bond donors (Lipinski definition) is 2. The highest BCUT2D eigenvalue weighted by Gasteiger charge is 1.98. The van der Waals surface area contributed by atoms with Gasteiger partial charge in [-0.25, -0.2) is 4.98 Å². The average Bonchev–Trinajstić information content (AvgIpc) is 2.15. The number of halogens is 1. The molecule has 0 amide bonds. The molecular formula is C9H11ClN4. The van der Waals surface area contributed by atoms with Gasteiger partial charge in [-0.15, -0.1) is 0 Å². The molecule has 0 aliphatic rings. The molecule has 0 aliphatic carbocycles. The van der Waals surface area contributed by atoms with Crippen LogP contribution in [0.5, 0.6) is 0 Å². The van der Waals surface area contributed by atoms with Gasteiger partial charge in [-0.05, 0) is 18.6 Å². The van der Waals surface area contributed by atoms with E-state index in [0.717, 1.165) is 13.0 Å². The fourth-order valence-electron chi connectivity index (χ4n) is 0.814. The van der Waals surface area contributed by atoms with Gasteiger partial charge in [0.05, 0.1) is 5.56 Å². The molecule has 3 N–H and O–H groups in total. The van der Waals surface area contributed by atoms with E-state index in [1.54, 1.807) is 0 Å². The maximum absolute atomic E-state index is 5.58. The van der Waals surface area contributed by atoms with Crippen LogP contribution in [0, 0.1) is 11.8 Å². The van der Waals surface area contributed by atoms with Crippen molar-refractivity contribution in [3.63, 3.8) is 0 Å². The summed E-state index contributed by atoms with van der Waals surface area (Å²) in [5, 5.41) is 3.13. The molecule has 74 valence electrons.